The largest absolute Gasteiger partial charge is 0.466 e. The summed E-state index contributed by atoms with van der Waals surface area (Å²) in [6.07, 6.45) is 3.64. The SMILES string of the molecule is C=CCNS(=O)(=O)c1ccc(NC(=S)NC(=O)CCCC(=O)OCCCc2ccccc2)cc1. The molecule has 8 nitrogen and oxygen atoms in total. The van der Waals surface area contributed by atoms with Crippen LogP contribution in [0.2, 0.25) is 0 Å². The van der Waals surface area contributed by atoms with Gasteiger partial charge in [0.1, 0.15) is 0 Å². The molecule has 2 aromatic carbocycles. The first-order chi connectivity index (χ1) is 16.3. The molecular formula is C24H29N3O5S2. The average Bonchev–Trinajstić information content (AvgIpc) is 2.81. The van der Waals surface area contributed by atoms with Crippen LogP contribution in [-0.2, 0) is 30.8 Å². The molecule has 0 bridgehead atoms. The number of aryl methyl sites for hydroxylation is 1. The summed E-state index contributed by atoms with van der Waals surface area (Å²) in [6, 6.07) is 15.9. The number of carbonyl (C=O) groups excluding carboxylic acids is 2. The second-order valence-electron chi connectivity index (χ2n) is 7.33. The molecule has 0 radical (unpaired) electrons. The van der Waals surface area contributed by atoms with Crippen molar-refractivity contribution in [3.05, 3.63) is 72.8 Å². The second kappa shape index (κ2) is 14.2. The van der Waals surface area contributed by atoms with Crippen molar-refractivity contribution in [2.75, 3.05) is 18.5 Å². The highest BCUT2D eigenvalue weighted by atomic mass is 32.2. The van der Waals surface area contributed by atoms with Crippen LogP contribution in [0.5, 0.6) is 0 Å². The van der Waals surface area contributed by atoms with Gasteiger partial charge < -0.3 is 15.4 Å². The van der Waals surface area contributed by atoms with Gasteiger partial charge >= 0.3 is 5.97 Å². The van der Waals surface area contributed by atoms with Crippen molar-refractivity contribution in [2.24, 2.45) is 0 Å². The minimum Gasteiger partial charge on any atom is -0.466 e. The summed E-state index contributed by atoms with van der Waals surface area (Å²) in [5, 5.41) is 5.43. The van der Waals surface area contributed by atoms with Crippen LogP contribution in [0.1, 0.15) is 31.2 Å². The Kier molecular flexibility index (Phi) is 11.4. The van der Waals surface area contributed by atoms with Gasteiger partial charge in [0.2, 0.25) is 15.9 Å². The molecule has 2 aromatic rings. The highest BCUT2D eigenvalue weighted by Gasteiger charge is 2.13. The molecular weight excluding hydrogens is 474 g/mol. The number of nitrogens with one attached hydrogen (secondary N) is 3. The Labute approximate surface area is 205 Å². The van der Waals surface area contributed by atoms with Gasteiger partial charge in [-0.25, -0.2) is 13.1 Å². The van der Waals surface area contributed by atoms with E-state index >= 15 is 0 Å². The van der Waals surface area contributed by atoms with Gasteiger partial charge in [-0.1, -0.05) is 36.4 Å². The normalized spacial score (nSPS) is 10.8. The predicted molar refractivity (Wildman–Crippen MR) is 136 cm³/mol. The van der Waals surface area contributed by atoms with Gasteiger partial charge in [0.15, 0.2) is 5.11 Å². The van der Waals surface area contributed by atoms with E-state index in [4.69, 9.17) is 17.0 Å². The van der Waals surface area contributed by atoms with E-state index in [-0.39, 0.29) is 41.3 Å². The molecule has 10 heteroatoms. The number of ether oxygens (including phenoxy) is 1. The molecule has 3 N–H and O–H groups in total. The minimum atomic E-state index is -3.61. The molecule has 182 valence electrons. The molecule has 0 aliphatic carbocycles. The van der Waals surface area contributed by atoms with Crippen molar-refractivity contribution in [1.29, 1.82) is 0 Å². The molecule has 0 atom stereocenters. The van der Waals surface area contributed by atoms with Crippen LogP contribution >= 0.6 is 12.2 Å². The van der Waals surface area contributed by atoms with E-state index in [1.165, 1.54) is 35.9 Å². The predicted octanol–water partition coefficient (Wildman–Crippen LogP) is 3.31. The van der Waals surface area contributed by atoms with E-state index in [0.29, 0.717) is 18.7 Å². The summed E-state index contributed by atoms with van der Waals surface area (Å²) < 4.78 is 31.7. The summed E-state index contributed by atoms with van der Waals surface area (Å²) in [7, 11) is -3.61. The standard InChI is InChI=1S/C24H29N3O5S2/c1-2-17-25-34(30,31)21-15-13-20(14-16-21)26-24(33)27-22(28)11-6-12-23(29)32-18-7-10-19-8-4-3-5-9-19/h2-5,8-9,13-16,25H,1,6-7,10-12,17-18H2,(H2,26,27,28,33). The molecule has 0 aliphatic rings. The number of rotatable bonds is 13. The number of hydrogen-bond donors (Lipinski definition) is 3. The third-order valence-corrected chi connectivity index (χ3v) is 6.24. The highest BCUT2D eigenvalue weighted by molar-refractivity contribution is 7.89. The van der Waals surface area contributed by atoms with Crippen LogP contribution in [0, 0.1) is 0 Å². The Morgan fingerprint density at radius 3 is 2.38 bits per heavy atom. The molecule has 2 rings (SSSR count). The third kappa shape index (κ3) is 10.2. The molecule has 0 unspecified atom stereocenters. The number of hydrogen-bond acceptors (Lipinski definition) is 6. The molecule has 0 heterocycles. The van der Waals surface area contributed by atoms with Crippen molar-refractivity contribution in [3.8, 4) is 0 Å². The van der Waals surface area contributed by atoms with Crippen molar-refractivity contribution in [1.82, 2.24) is 10.0 Å². The molecule has 0 saturated carbocycles. The zero-order valence-electron chi connectivity index (χ0n) is 18.8. The van der Waals surface area contributed by atoms with Crippen molar-refractivity contribution < 1.29 is 22.7 Å². The van der Waals surface area contributed by atoms with Crippen molar-refractivity contribution >= 4 is 44.9 Å². The maximum atomic E-state index is 12.1. The van der Waals surface area contributed by atoms with Crippen molar-refractivity contribution in [3.63, 3.8) is 0 Å². The van der Waals surface area contributed by atoms with E-state index in [0.717, 1.165) is 12.8 Å². The Bertz CT molecular complexity index is 1070. The first-order valence-corrected chi connectivity index (χ1v) is 12.7. The third-order valence-electron chi connectivity index (χ3n) is 4.59. The van der Waals surface area contributed by atoms with E-state index in [9.17, 15) is 18.0 Å². The summed E-state index contributed by atoms with van der Waals surface area (Å²) in [5.74, 6) is -0.665. The maximum Gasteiger partial charge on any atom is 0.305 e. The number of sulfonamides is 1. The van der Waals surface area contributed by atoms with Gasteiger partial charge in [-0.2, -0.15) is 0 Å². The first kappa shape index (κ1) is 27.2. The lowest BCUT2D eigenvalue weighted by Gasteiger charge is -2.10. The van der Waals surface area contributed by atoms with E-state index < -0.39 is 10.0 Å². The number of anilines is 1. The number of thiocarbonyl (C=S) groups is 1. The number of esters is 1. The van der Waals surface area contributed by atoms with Gasteiger partial charge in [0.25, 0.3) is 0 Å². The molecule has 0 aliphatic heterocycles. The van der Waals surface area contributed by atoms with Crippen LogP contribution < -0.4 is 15.4 Å². The van der Waals surface area contributed by atoms with Crippen LogP contribution in [0.3, 0.4) is 0 Å². The van der Waals surface area contributed by atoms with Crippen molar-refractivity contribution in [2.45, 2.75) is 37.0 Å². The molecule has 0 spiro atoms. The first-order valence-electron chi connectivity index (χ1n) is 10.8. The lowest BCUT2D eigenvalue weighted by molar-refractivity contribution is -0.143. The fourth-order valence-electron chi connectivity index (χ4n) is 2.89. The Morgan fingerprint density at radius 2 is 1.71 bits per heavy atom. The fourth-order valence-corrected chi connectivity index (χ4v) is 4.12. The number of benzene rings is 2. The second-order valence-corrected chi connectivity index (χ2v) is 9.51. The summed E-state index contributed by atoms with van der Waals surface area (Å²) in [5.41, 5.74) is 1.72. The van der Waals surface area contributed by atoms with Crippen LogP contribution in [-0.4, -0.2) is 38.6 Å². The maximum absolute atomic E-state index is 12.1. The van der Waals surface area contributed by atoms with Crippen LogP contribution in [0.4, 0.5) is 5.69 Å². The lowest BCUT2D eigenvalue weighted by Crippen LogP contribution is -2.34. The zero-order valence-corrected chi connectivity index (χ0v) is 20.4. The summed E-state index contributed by atoms with van der Waals surface area (Å²) in [4.78, 5) is 24.0. The van der Waals surface area contributed by atoms with E-state index in [2.05, 4.69) is 21.9 Å². The number of carbonyl (C=O) groups is 2. The van der Waals surface area contributed by atoms with Crippen LogP contribution in [0.25, 0.3) is 0 Å². The molecule has 0 aromatic heterocycles. The fraction of sp³-hybridized carbons (Fsp3) is 0.292. The number of amides is 1. The highest BCUT2D eigenvalue weighted by Crippen LogP contribution is 2.14. The monoisotopic (exact) mass is 503 g/mol. The Hall–Kier alpha value is -3.08. The van der Waals surface area contributed by atoms with E-state index in [1.54, 1.807) is 0 Å². The van der Waals surface area contributed by atoms with Crippen LogP contribution in [0.15, 0.2) is 72.1 Å². The van der Waals surface area contributed by atoms with Gasteiger partial charge in [-0.3, -0.25) is 9.59 Å². The van der Waals surface area contributed by atoms with Gasteiger partial charge in [0, 0.05) is 25.1 Å². The Balaban J connectivity index is 1.62. The smallest absolute Gasteiger partial charge is 0.305 e. The average molecular weight is 504 g/mol. The van der Waals surface area contributed by atoms with Gasteiger partial charge in [-0.15, -0.1) is 6.58 Å². The summed E-state index contributed by atoms with van der Waals surface area (Å²) >= 11 is 5.11. The molecule has 34 heavy (non-hydrogen) atoms. The quantitative estimate of drug-likeness (QED) is 0.166. The van der Waals surface area contributed by atoms with E-state index in [1.807, 2.05) is 30.3 Å². The topological polar surface area (TPSA) is 114 Å². The molecule has 0 fully saturated rings. The van der Waals surface area contributed by atoms with Gasteiger partial charge in [-0.05, 0) is 61.3 Å². The lowest BCUT2D eigenvalue weighted by atomic mass is 10.1. The minimum absolute atomic E-state index is 0.0777. The zero-order chi connectivity index (χ0) is 24.8. The Morgan fingerprint density at radius 1 is 1.00 bits per heavy atom. The summed E-state index contributed by atoms with van der Waals surface area (Å²) in [6.45, 7) is 3.95. The molecule has 1 amide bonds. The molecule has 0 saturated heterocycles. The van der Waals surface area contributed by atoms with Gasteiger partial charge in [0.05, 0.1) is 11.5 Å².